The molecule has 0 aromatic carbocycles. The third kappa shape index (κ3) is 8.67. The van der Waals surface area contributed by atoms with Crippen molar-refractivity contribution >= 4 is 47.9 Å². The van der Waals surface area contributed by atoms with Crippen molar-refractivity contribution < 1.29 is 14.1 Å². The first-order valence-electron chi connectivity index (χ1n) is 9.14. The van der Waals surface area contributed by atoms with Crippen LogP contribution in [0.4, 0.5) is 0 Å². The third-order valence-corrected chi connectivity index (χ3v) is 8.85. The summed E-state index contributed by atoms with van der Waals surface area (Å²) in [6.07, 6.45) is 2.51. The van der Waals surface area contributed by atoms with Gasteiger partial charge in [0.05, 0.1) is 0 Å². The fourth-order valence-corrected chi connectivity index (χ4v) is 7.89. The van der Waals surface area contributed by atoms with Gasteiger partial charge in [-0.15, -0.1) is 0 Å². The molecule has 1 amide bonds. The maximum atomic E-state index is 12.5. The van der Waals surface area contributed by atoms with Crippen molar-refractivity contribution in [1.82, 2.24) is 15.1 Å². The number of amides is 1. The van der Waals surface area contributed by atoms with Crippen LogP contribution < -0.4 is 10.4 Å². The standard InChI is InChI=1S/C16H36N3O3P3S/c1-23-18-13(16(21)22-24(2)3)9-7-8-10-17-14(20)15-19(11-12-26-15)25(4,5)6/h13,15,18,23,25H,7-12H2,1-6H3,(H,17,20)/t13-,15?/m0/s1. The van der Waals surface area contributed by atoms with E-state index in [0.29, 0.717) is 15.3 Å². The number of hydrogen-bond donors (Lipinski definition) is 2. The van der Waals surface area contributed by atoms with Crippen LogP contribution in [0.15, 0.2) is 0 Å². The van der Waals surface area contributed by atoms with Crippen molar-refractivity contribution in [1.29, 1.82) is 0 Å². The van der Waals surface area contributed by atoms with Gasteiger partial charge in [0.25, 0.3) is 0 Å². The zero-order valence-corrected chi connectivity index (χ0v) is 20.6. The van der Waals surface area contributed by atoms with Crippen LogP contribution in [0.5, 0.6) is 0 Å². The van der Waals surface area contributed by atoms with E-state index in [2.05, 4.69) is 35.1 Å². The SMILES string of the molecule is CPN[C@@H](CCCCNC(=O)C1SCCN1[PH](C)(C)C)C(=O)OP(C)C. The van der Waals surface area contributed by atoms with E-state index in [1.54, 1.807) is 11.8 Å². The molecular weight excluding hydrogens is 407 g/mol. The van der Waals surface area contributed by atoms with E-state index >= 15 is 0 Å². The van der Waals surface area contributed by atoms with Crippen molar-refractivity contribution in [2.24, 2.45) is 0 Å². The van der Waals surface area contributed by atoms with Crippen LogP contribution in [0.25, 0.3) is 0 Å². The molecule has 0 bridgehead atoms. The van der Waals surface area contributed by atoms with Gasteiger partial charge in [0.1, 0.15) is 0 Å². The summed E-state index contributed by atoms with van der Waals surface area (Å²) in [6, 6.07) is -0.230. The van der Waals surface area contributed by atoms with E-state index < -0.39 is 15.6 Å². The maximum absolute atomic E-state index is 12.5. The van der Waals surface area contributed by atoms with Crippen LogP contribution in [-0.4, -0.2) is 86.8 Å². The van der Waals surface area contributed by atoms with E-state index in [0.717, 1.165) is 31.6 Å². The van der Waals surface area contributed by atoms with Gasteiger partial charge in [0.2, 0.25) is 0 Å². The summed E-state index contributed by atoms with van der Waals surface area (Å²) in [4.78, 5) is 24.6. The first kappa shape index (κ1) is 24.5. The summed E-state index contributed by atoms with van der Waals surface area (Å²) in [5, 5.41) is 6.28. The number of rotatable bonds is 11. The molecule has 0 spiro atoms. The van der Waals surface area contributed by atoms with Crippen molar-refractivity contribution in [2.75, 3.05) is 58.8 Å². The predicted molar refractivity (Wildman–Crippen MR) is 122 cm³/mol. The second-order valence-electron chi connectivity index (χ2n) is 7.54. The number of nitrogens with one attached hydrogen (secondary N) is 2. The number of thioether (sulfide) groups is 1. The third-order valence-electron chi connectivity index (χ3n) is 4.07. The Balaban J connectivity index is 2.32. The molecule has 2 unspecified atom stereocenters. The van der Waals surface area contributed by atoms with Crippen LogP contribution in [0.1, 0.15) is 19.3 Å². The van der Waals surface area contributed by atoms with E-state index in [4.69, 9.17) is 4.52 Å². The van der Waals surface area contributed by atoms with Crippen molar-refractivity contribution in [3.8, 4) is 0 Å². The Morgan fingerprint density at radius 1 is 1.35 bits per heavy atom. The van der Waals surface area contributed by atoms with Gasteiger partial charge in [0.15, 0.2) is 0 Å². The zero-order chi connectivity index (χ0) is 19.7. The molecule has 2 N–H and O–H groups in total. The Bertz CT molecular complexity index is 464. The Morgan fingerprint density at radius 3 is 2.62 bits per heavy atom. The second kappa shape index (κ2) is 12.1. The van der Waals surface area contributed by atoms with E-state index in [1.165, 1.54) is 0 Å². The van der Waals surface area contributed by atoms with Crippen molar-refractivity contribution in [3.05, 3.63) is 0 Å². The molecular formula is C16H36N3O3P3S. The predicted octanol–water partition coefficient (Wildman–Crippen LogP) is 2.58. The summed E-state index contributed by atoms with van der Waals surface area (Å²) in [7, 11) is -1.63. The molecule has 0 radical (unpaired) electrons. The summed E-state index contributed by atoms with van der Waals surface area (Å²) >= 11 is 1.75. The molecule has 0 aromatic rings. The number of carbonyl (C=O) groups is 2. The molecule has 0 aromatic heterocycles. The number of carbonyl (C=O) groups excluding carboxylic acids is 2. The van der Waals surface area contributed by atoms with Gasteiger partial charge in [-0.05, 0) is 13.3 Å². The normalized spacial score (nSPS) is 20.7. The summed E-state index contributed by atoms with van der Waals surface area (Å²) in [6.45, 7) is 14.4. The summed E-state index contributed by atoms with van der Waals surface area (Å²) in [5.74, 6) is 1.03. The van der Waals surface area contributed by atoms with Crippen LogP contribution in [0.3, 0.4) is 0 Å². The molecule has 3 atom stereocenters. The van der Waals surface area contributed by atoms with E-state index in [1.807, 2.05) is 20.0 Å². The molecule has 1 rings (SSSR count). The first-order chi connectivity index (χ1) is 12.2. The molecule has 1 aliphatic heterocycles. The minimum Gasteiger partial charge on any atom is -0.00877 e. The summed E-state index contributed by atoms with van der Waals surface area (Å²) in [5.41, 5.74) is 0. The van der Waals surface area contributed by atoms with E-state index in [9.17, 15) is 9.59 Å². The van der Waals surface area contributed by atoms with Crippen LogP contribution in [0, 0.1) is 0 Å². The Hall–Kier alpha value is 0.500. The first-order valence-corrected chi connectivity index (χ1v) is 17.3. The topological polar surface area (TPSA) is 70.7 Å². The Kier molecular flexibility index (Phi) is 11.5. The van der Waals surface area contributed by atoms with Gasteiger partial charge in [-0.25, -0.2) is 0 Å². The molecule has 1 aliphatic rings. The number of unbranched alkanes of at least 4 members (excludes halogenated alkanes) is 1. The van der Waals surface area contributed by atoms with E-state index in [-0.39, 0.29) is 23.3 Å². The fourth-order valence-electron chi connectivity index (χ4n) is 2.81. The molecule has 0 saturated carbocycles. The van der Waals surface area contributed by atoms with Crippen molar-refractivity contribution in [2.45, 2.75) is 30.7 Å². The quantitative estimate of drug-likeness (QED) is 0.378. The molecule has 1 heterocycles. The average Bonchev–Trinajstić information content (AvgIpc) is 3.02. The molecule has 10 heteroatoms. The van der Waals surface area contributed by atoms with Gasteiger partial charge >= 0.3 is 153 Å². The van der Waals surface area contributed by atoms with Gasteiger partial charge in [0, 0.05) is 0 Å². The Morgan fingerprint density at radius 2 is 2.04 bits per heavy atom. The molecule has 6 nitrogen and oxygen atoms in total. The molecule has 1 fully saturated rings. The van der Waals surface area contributed by atoms with Gasteiger partial charge < -0.3 is 0 Å². The molecule has 1 saturated heterocycles. The fraction of sp³-hybridized carbons (Fsp3) is 0.875. The number of nitrogens with zero attached hydrogens (tertiary/aromatic N) is 1. The minimum atomic E-state index is -1.46. The van der Waals surface area contributed by atoms with Crippen LogP contribution in [-0.2, 0) is 14.1 Å². The molecule has 26 heavy (non-hydrogen) atoms. The monoisotopic (exact) mass is 443 g/mol. The van der Waals surface area contributed by atoms with Gasteiger partial charge in [-0.3, -0.25) is 0 Å². The van der Waals surface area contributed by atoms with Crippen LogP contribution in [0.2, 0.25) is 0 Å². The number of hydrogen-bond acceptors (Lipinski definition) is 6. The minimum absolute atomic E-state index is 0.0271. The van der Waals surface area contributed by atoms with Crippen molar-refractivity contribution in [3.63, 3.8) is 0 Å². The smallest absolute Gasteiger partial charge is 0.00877 e. The Labute approximate surface area is 166 Å². The zero-order valence-electron chi connectivity index (χ0n) is 16.9. The average molecular weight is 443 g/mol. The van der Waals surface area contributed by atoms with Gasteiger partial charge in [-0.2, -0.15) is 0 Å². The summed E-state index contributed by atoms with van der Waals surface area (Å²) < 4.78 is 7.77. The molecule has 0 aliphatic carbocycles. The van der Waals surface area contributed by atoms with Crippen LogP contribution >= 0.6 is 36.1 Å². The van der Waals surface area contributed by atoms with Gasteiger partial charge in [-0.1, -0.05) is 0 Å². The second-order valence-corrected chi connectivity index (χ2v) is 16.2. The molecule has 154 valence electrons.